The molecule has 0 radical (unpaired) electrons. The Morgan fingerprint density at radius 1 is 0.821 bits per heavy atom. The van der Waals surface area contributed by atoms with Crippen molar-refractivity contribution < 1.29 is 23.1 Å². The lowest BCUT2D eigenvalue weighted by Gasteiger charge is -2.12. The van der Waals surface area contributed by atoms with Gasteiger partial charge in [0, 0.05) is 29.2 Å². The van der Waals surface area contributed by atoms with Gasteiger partial charge in [-0.1, -0.05) is 79.7 Å². The molecule has 0 spiro atoms. The van der Waals surface area contributed by atoms with Crippen LogP contribution in [0, 0.1) is 11.6 Å². The number of rotatable bonds is 9. The fourth-order valence-corrected chi connectivity index (χ4v) is 4.16. The Morgan fingerprint density at radius 2 is 1.51 bits per heavy atom. The zero-order valence-electron chi connectivity index (χ0n) is 21.7. The predicted molar refractivity (Wildman–Crippen MR) is 149 cm³/mol. The molecule has 0 aliphatic carbocycles. The standard InChI is InChI=1S/C33H27F2NO3/c1-3-22-13-15-23(16-14-22)26(27-18-17-25(34)21-29(27)35)19-20-31(33(38)39-2)36-30-12-8-7-11-28(30)32(37)24-9-5-4-6-10-24/h4-19,21H,3,20H2,1-2H3. The molecule has 6 heteroatoms. The van der Waals surface area contributed by atoms with Gasteiger partial charge in [-0.2, -0.15) is 0 Å². The Balaban J connectivity index is 1.78. The lowest BCUT2D eigenvalue weighted by molar-refractivity contribution is -0.132. The van der Waals surface area contributed by atoms with Crippen LogP contribution in [-0.4, -0.2) is 24.6 Å². The summed E-state index contributed by atoms with van der Waals surface area (Å²) in [5, 5.41) is 0. The van der Waals surface area contributed by atoms with Gasteiger partial charge in [0.1, 0.15) is 17.3 Å². The minimum absolute atomic E-state index is 0.0241. The molecule has 4 rings (SSSR count). The summed E-state index contributed by atoms with van der Waals surface area (Å²) in [7, 11) is 1.24. The van der Waals surface area contributed by atoms with Gasteiger partial charge in [0.25, 0.3) is 0 Å². The number of aliphatic imine (C=N–C) groups is 1. The number of ketones is 1. The molecule has 0 aromatic heterocycles. The first-order valence-corrected chi connectivity index (χ1v) is 12.5. The quantitative estimate of drug-likeness (QED) is 0.129. The van der Waals surface area contributed by atoms with E-state index in [4.69, 9.17) is 4.74 Å². The molecule has 4 nitrogen and oxygen atoms in total. The lowest BCUT2D eigenvalue weighted by Crippen LogP contribution is -2.15. The average Bonchev–Trinajstić information content (AvgIpc) is 2.97. The number of nitrogens with zero attached hydrogens (tertiary/aromatic N) is 1. The van der Waals surface area contributed by atoms with Crippen molar-refractivity contribution >= 4 is 28.7 Å². The molecule has 0 saturated carbocycles. The number of carbonyl (C=O) groups excluding carboxylic acids is 2. The molecule has 196 valence electrons. The zero-order valence-corrected chi connectivity index (χ0v) is 21.7. The first-order valence-electron chi connectivity index (χ1n) is 12.5. The average molecular weight is 524 g/mol. The Bertz CT molecular complexity index is 1540. The second-order valence-corrected chi connectivity index (χ2v) is 8.76. The van der Waals surface area contributed by atoms with E-state index in [0.717, 1.165) is 18.1 Å². The van der Waals surface area contributed by atoms with Crippen LogP contribution in [0.3, 0.4) is 0 Å². The van der Waals surface area contributed by atoms with Gasteiger partial charge in [-0.15, -0.1) is 0 Å². The fourth-order valence-electron chi connectivity index (χ4n) is 4.16. The minimum Gasteiger partial charge on any atom is -0.465 e. The van der Waals surface area contributed by atoms with Crippen LogP contribution >= 0.6 is 0 Å². The second-order valence-electron chi connectivity index (χ2n) is 8.76. The maximum absolute atomic E-state index is 14.9. The minimum atomic E-state index is -0.726. The molecule has 0 aliphatic rings. The van der Waals surface area contributed by atoms with Crippen LogP contribution in [0.2, 0.25) is 0 Å². The van der Waals surface area contributed by atoms with E-state index in [0.29, 0.717) is 28.0 Å². The van der Waals surface area contributed by atoms with E-state index in [1.165, 1.54) is 19.2 Å². The Morgan fingerprint density at radius 3 is 2.18 bits per heavy atom. The highest BCUT2D eigenvalue weighted by Crippen LogP contribution is 2.28. The van der Waals surface area contributed by atoms with E-state index in [9.17, 15) is 18.4 Å². The summed E-state index contributed by atoms with van der Waals surface area (Å²) in [6, 6.07) is 26.5. The smallest absolute Gasteiger partial charge is 0.352 e. The third kappa shape index (κ3) is 6.60. The van der Waals surface area contributed by atoms with E-state index in [2.05, 4.69) is 4.99 Å². The number of hydrogen-bond acceptors (Lipinski definition) is 4. The van der Waals surface area contributed by atoms with Crippen molar-refractivity contribution in [3.63, 3.8) is 0 Å². The summed E-state index contributed by atoms with van der Waals surface area (Å²) in [6.45, 7) is 2.03. The van der Waals surface area contributed by atoms with E-state index in [1.807, 2.05) is 37.3 Å². The highest BCUT2D eigenvalue weighted by Gasteiger charge is 2.18. The van der Waals surface area contributed by atoms with Crippen LogP contribution in [0.25, 0.3) is 5.57 Å². The van der Waals surface area contributed by atoms with Crippen molar-refractivity contribution in [2.45, 2.75) is 19.8 Å². The lowest BCUT2D eigenvalue weighted by atomic mass is 9.94. The normalized spacial score (nSPS) is 11.8. The third-order valence-corrected chi connectivity index (χ3v) is 6.26. The van der Waals surface area contributed by atoms with E-state index < -0.39 is 17.6 Å². The summed E-state index contributed by atoms with van der Waals surface area (Å²) in [5.41, 5.74) is 3.61. The predicted octanol–water partition coefficient (Wildman–Crippen LogP) is 7.53. The number of benzene rings is 4. The van der Waals surface area contributed by atoms with Crippen LogP contribution in [-0.2, 0) is 16.0 Å². The molecule has 0 unspecified atom stereocenters. The van der Waals surface area contributed by atoms with Crippen LogP contribution < -0.4 is 0 Å². The number of ether oxygens (including phenoxy) is 1. The molecule has 0 amide bonds. The molecule has 39 heavy (non-hydrogen) atoms. The Labute approximate surface area is 226 Å². The van der Waals surface area contributed by atoms with Gasteiger partial charge in [0.05, 0.1) is 12.8 Å². The second kappa shape index (κ2) is 12.7. The molecular formula is C33H27F2NO3. The summed E-state index contributed by atoms with van der Waals surface area (Å²) >= 11 is 0. The molecule has 0 heterocycles. The first kappa shape index (κ1) is 27.3. The number of aryl methyl sites for hydroxylation is 1. The summed E-state index contributed by atoms with van der Waals surface area (Å²) in [5.74, 6) is -2.34. The highest BCUT2D eigenvalue weighted by molar-refractivity contribution is 6.37. The molecule has 0 N–H and O–H groups in total. The number of allylic oxidation sites excluding steroid dienone is 1. The molecule has 0 bridgehead atoms. The molecule has 0 saturated heterocycles. The van der Waals surface area contributed by atoms with Crippen molar-refractivity contribution in [3.05, 3.63) is 143 Å². The van der Waals surface area contributed by atoms with Gasteiger partial charge < -0.3 is 4.74 Å². The summed E-state index contributed by atoms with van der Waals surface area (Å²) < 4.78 is 33.5. The third-order valence-electron chi connectivity index (χ3n) is 6.26. The van der Waals surface area contributed by atoms with Crippen LogP contribution in [0.15, 0.2) is 108 Å². The van der Waals surface area contributed by atoms with Crippen LogP contribution in [0.5, 0.6) is 0 Å². The van der Waals surface area contributed by atoms with Crippen molar-refractivity contribution in [2.24, 2.45) is 4.99 Å². The molecule has 0 aliphatic heterocycles. The van der Waals surface area contributed by atoms with Crippen molar-refractivity contribution in [1.82, 2.24) is 0 Å². The Hall–Kier alpha value is -4.71. The van der Waals surface area contributed by atoms with Gasteiger partial charge >= 0.3 is 5.97 Å². The van der Waals surface area contributed by atoms with E-state index >= 15 is 0 Å². The van der Waals surface area contributed by atoms with Crippen LogP contribution in [0.1, 0.15) is 46.0 Å². The van der Waals surface area contributed by atoms with Crippen molar-refractivity contribution in [1.29, 1.82) is 0 Å². The van der Waals surface area contributed by atoms with E-state index in [1.54, 1.807) is 54.6 Å². The maximum Gasteiger partial charge on any atom is 0.352 e. The molecular weight excluding hydrogens is 496 g/mol. The molecule has 0 fully saturated rings. The molecule has 0 atom stereocenters. The van der Waals surface area contributed by atoms with Gasteiger partial charge in [-0.25, -0.2) is 18.6 Å². The number of halogens is 2. The summed E-state index contributed by atoms with van der Waals surface area (Å²) in [6.07, 6.45) is 2.47. The van der Waals surface area contributed by atoms with Gasteiger partial charge in [0.2, 0.25) is 0 Å². The summed E-state index contributed by atoms with van der Waals surface area (Å²) in [4.78, 5) is 30.5. The number of hydrogen-bond donors (Lipinski definition) is 0. The van der Waals surface area contributed by atoms with Crippen molar-refractivity contribution in [3.8, 4) is 0 Å². The Kier molecular flexibility index (Phi) is 8.90. The topological polar surface area (TPSA) is 55.7 Å². The number of carbonyl (C=O) groups is 2. The molecule has 4 aromatic rings. The number of esters is 1. The number of para-hydroxylation sites is 1. The largest absolute Gasteiger partial charge is 0.465 e. The SMILES string of the molecule is CCc1ccc(C(=CCC(=Nc2ccccc2C(=O)c2ccccc2)C(=O)OC)c2ccc(F)cc2F)cc1. The first-order chi connectivity index (χ1) is 18.9. The van der Waals surface area contributed by atoms with Gasteiger partial charge in [0.15, 0.2) is 5.78 Å². The maximum atomic E-state index is 14.9. The monoisotopic (exact) mass is 523 g/mol. The fraction of sp³-hybridized carbons (Fsp3) is 0.121. The number of methoxy groups -OCH3 is 1. The van der Waals surface area contributed by atoms with Gasteiger partial charge in [-0.05, 0) is 47.4 Å². The van der Waals surface area contributed by atoms with Crippen LogP contribution in [0.4, 0.5) is 14.5 Å². The zero-order chi connectivity index (χ0) is 27.8. The molecule has 4 aromatic carbocycles. The highest BCUT2D eigenvalue weighted by atomic mass is 19.1. The van der Waals surface area contributed by atoms with E-state index in [-0.39, 0.29) is 23.5 Å². The van der Waals surface area contributed by atoms with Crippen molar-refractivity contribution in [2.75, 3.05) is 7.11 Å². The van der Waals surface area contributed by atoms with Gasteiger partial charge in [-0.3, -0.25) is 4.79 Å².